The number of piperazine rings is 1. The van der Waals surface area contributed by atoms with Gasteiger partial charge in [0.15, 0.2) is 11.5 Å². The third-order valence-corrected chi connectivity index (χ3v) is 3.66. The van der Waals surface area contributed by atoms with Crippen molar-refractivity contribution in [2.45, 2.75) is 25.9 Å². The van der Waals surface area contributed by atoms with Crippen molar-refractivity contribution in [2.75, 3.05) is 27.3 Å². The van der Waals surface area contributed by atoms with Crippen molar-refractivity contribution < 1.29 is 14.3 Å². The molecule has 2 rings (SSSR count). The fourth-order valence-electron chi connectivity index (χ4n) is 2.51. The lowest BCUT2D eigenvalue weighted by atomic mass is 10.1. The number of nitrogens with one attached hydrogen (secondary N) is 1. The molecule has 1 aromatic carbocycles. The van der Waals surface area contributed by atoms with Gasteiger partial charge < -0.3 is 19.7 Å². The van der Waals surface area contributed by atoms with Crippen LogP contribution in [0.1, 0.15) is 24.2 Å². The van der Waals surface area contributed by atoms with Crippen molar-refractivity contribution >= 4 is 18.3 Å². The predicted octanol–water partition coefficient (Wildman–Crippen LogP) is 1.95. The fourth-order valence-corrected chi connectivity index (χ4v) is 2.51. The zero-order valence-corrected chi connectivity index (χ0v) is 13.7. The number of para-hydroxylation sites is 1. The molecule has 0 saturated carbocycles. The largest absolute Gasteiger partial charge is 0.493 e. The molecule has 1 aliphatic rings. The minimum atomic E-state index is -0.0124. The first kappa shape index (κ1) is 17.6. The van der Waals surface area contributed by atoms with Crippen LogP contribution < -0.4 is 14.8 Å². The summed E-state index contributed by atoms with van der Waals surface area (Å²) in [5, 5.41) is 3.37. The Morgan fingerprint density at radius 2 is 2.00 bits per heavy atom. The Labute approximate surface area is 132 Å². The molecule has 2 atom stereocenters. The van der Waals surface area contributed by atoms with Gasteiger partial charge in [-0.1, -0.05) is 6.07 Å². The number of nitrogens with zero attached hydrogens (tertiary/aromatic N) is 1. The first-order valence-electron chi connectivity index (χ1n) is 6.83. The topological polar surface area (TPSA) is 50.8 Å². The summed E-state index contributed by atoms with van der Waals surface area (Å²) >= 11 is 0. The summed E-state index contributed by atoms with van der Waals surface area (Å²) in [7, 11) is 3.13. The van der Waals surface area contributed by atoms with Gasteiger partial charge in [0.2, 0.25) is 0 Å². The van der Waals surface area contributed by atoms with Crippen LogP contribution in [0.2, 0.25) is 0 Å². The Morgan fingerprint density at radius 3 is 2.62 bits per heavy atom. The van der Waals surface area contributed by atoms with Crippen molar-refractivity contribution in [3.05, 3.63) is 23.8 Å². The van der Waals surface area contributed by atoms with E-state index in [1.165, 1.54) is 0 Å². The summed E-state index contributed by atoms with van der Waals surface area (Å²) < 4.78 is 10.6. The minimum Gasteiger partial charge on any atom is -0.493 e. The van der Waals surface area contributed by atoms with E-state index in [0.29, 0.717) is 29.6 Å². The standard InChI is InChI=1S/C15H22N2O3.ClH/c1-10-9-17(11(2)8-16-10)15(18)12-6-5-7-13(19-3)14(12)20-4;/h5-7,10-11,16H,8-9H2,1-4H3;1H. The van der Waals surface area contributed by atoms with E-state index in [9.17, 15) is 4.79 Å². The second-order valence-corrected chi connectivity index (χ2v) is 5.16. The molecule has 0 radical (unpaired) electrons. The van der Waals surface area contributed by atoms with Gasteiger partial charge in [-0.05, 0) is 26.0 Å². The van der Waals surface area contributed by atoms with Crippen molar-refractivity contribution in [1.82, 2.24) is 10.2 Å². The summed E-state index contributed by atoms with van der Waals surface area (Å²) in [4.78, 5) is 14.7. The van der Waals surface area contributed by atoms with Gasteiger partial charge in [-0.25, -0.2) is 0 Å². The third kappa shape index (κ3) is 3.60. The lowest BCUT2D eigenvalue weighted by Gasteiger charge is -2.37. The maximum Gasteiger partial charge on any atom is 0.258 e. The highest BCUT2D eigenvalue weighted by Gasteiger charge is 2.29. The van der Waals surface area contributed by atoms with E-state index < -0.39 is 0 Å². The molecular formula is C15H23ClN2O3. The van der Waals surface area contributed by atoms with Crippen molar-refractivity contribution in [3.63, 3.8) is 0 Å². The summed E-state index contributed by atoms with van der Waals surface area (Å²) in [5.74, 6) is 1.06. The van der Waals surface area contributed by atoms with Crippen LogP contribution in [0.5, 0.6) is 11.5 Å². The Hall–Kier alpha value is -1.46. The van der Waals surface area contributed by atoms with Crippen LogP contribution in [0, 0.1) is 0 Å². The van der Waals surface area contributed by atoms with Gasteiger partial charge in [0.05, 0.1) is 19.8 Å². The first-order valence-corrected chi connectivity index (χ1v) is 6.83. The van der Waals surface area contributed by atoms with Gasteiger partial charge >= 0.3 is 0 Å². The van der Waals surface area contributed by atoms with Gasteiger partial charge in [0.25, 0.3) is 5.91 Å². The second kappa shape index (κ2) is 7.52. The average Bonchev–Trinajstić information content (AvgIpc) is 2.48. The quantitative estimate of drug-likeness (QED) is 0.926. The molecule has 0 spiro atoms. The monoisotopic (exact) mass is 314 g/mol. The lowest BCUT2D eigenvalue weighted by Crippen LogP contribution is -2.56. The zero-order valence-electron chi connectivity index (χ0n) is 12.9. The van der Waals surface area contributed by atoms with E-state index in [4.69, 9.17) is 9.47 Å². The van der Waals surface area contributed by atoms with Gasteiger partial charge in [0.1, 0.15) is 0 Å². The van der Waals surface area contributed by atoms with Crippen LogP contribution in [0.3, 0.4) is 0 Å². The predicted molar refractivity (Wildman–Crippen MR) is 84.8 cm³/mol. The van der Waals surface area contributed by atoms with E-state index in [-0.39, 0.29) is 24.4 Å². The third-order valence-electron chi connectivity index (χ3n) is 3.66. The molecule has 6 heteroatoms. The number of benzene rings is 1. The molecule has 0 aromatic heterocycles. The van der Waals surface area contributed by atoms with Crippen LogP contribution in [0.25, 0.3) is 0 Å². The second-order valence-electron chi connectivity index (χ2n) is 5.16. The number of amides is 1. The van der Waals surface area contributed by atoms with E-state index in [1.807, 2.05) is 17.9 Å². The van der Waals surface area contributed by atoms with Crippen LogP contribution >= 0.6 is 12.4 Å². The van der Waals surface area contributed by atoms with E-state index in [0.717, 1.165) is 6.54 Å². The van der Waals surface area contributed by atoms with E-state index in [2.05, 4.69) is 12.2 Å². The van der Waals surface area contributed by atoms with Crippen LogP contribution in [0.15, 0.2) is 18.2 Å². The van der Waals surface area contributed by atoms with Gasteiger partial charge in [-0.2, -0.15) is 0 Å². The minimum absolute atomic E-state index is 0. The average molecular weight is 315 g/mol. The SMILES string of the molecule is COc1cccc(C(=O)N2CC(C)NCC2C)c1OC.Cl. The Bertz CT molecular complexity index is 496. The molecule has 1 N–H and O–H groups in total. The van der Waals surface area contributed by atoms with E-state index >= 15 is 0 Å². The molecule has 1 amide bonds. The molecule has 1 saturated heterocycles. The van der Waals surface area contributed by atoms with Crippen LogP contribution in [-0.2, 0) is 0 Å². The Morgan fingerprint density at radius 1 is 1.29 bits per heavy atom. The first-order chi connectivity index (χ1) is 9.58. The maximum absolute atomic E-state index is 12.8. The Balaban J connectivity index is 0.00000220. The molecule has 0 bridgehead atoms. The Kier molecular flexibility index (Phi) is 6.30. The number of ether oxygens (including phenoxy) is 2. The summed E-state index contributed by atoms with van der Waals surface area (Å²) in [5.41, 5.74) is 0.549. The highest BCUT2D eigenvalue weighted by Crippen LogP contribution is 2.32. The van der Waals surface area contributed by atoms with E-state index in [1.54, 1.807) is 26.4 Å². The van der Waals surface area contributed by atoms with Crippen molar-refractivity contribution in [3.8, 4) is 11.5 Å². The van der Waals surface area contributed by atoms with Crippen LogP contribution in [0.4, 0.5) is 0 Å². The normalized spacial score (nSPS) is 21.4. The number of methoxy groups -OCH3 is 2. The van der Waals surface area contributed by atoms with Crippen molar-refractivity contribution in [1.29, 1.82) is 0 Å². The molecule has 1 heterocycles. The molecular weight excluding hydrogens is 292 g/mol. The summed E-state index contributed by atoms with van der Waals surface area (Å²) in [6, 6.07) is 5.84. The fraction of sp³-hybridized carbons (Fsp3) is 0.533. The number of rotatable bonds is 3. The molecule has 1 fully saturated rings. The molecule has 1 aromatic rings. The number of hydrogen-bond donors (Lipinski definition) is 1. The molecule has 2 unspecified atom stereocenters. The molecule has 5 nitrogen and oxygen atoms in total. The molecule has 118 valence electrons. The molecule has 21 heavy (non-hydrogen) atoms. The smallest absolute Gasteiger partial charge is 0.258 e. The highest BCUT2D eigenvalue weighted by atomic mass is 35.5. The number of carbonyl (C=O) groups is 1. The van der Waals surface area contributed by atoms with Crippen molar-refractivity contribution in [2.24, 2.45) is 0 Å². The van der Waals surface area contributed by atoms with Crippen LogP contribution in [-0.4, -0.2) is 50.2 Å². The van der Waals surface area contributed by atoms with Gasteiger partial charge in [0, 0.05) is 25.2 Å². The molecule has 0 aliphatic carbocycles. The zero-order chi connectivity index (χ0) is 14.7. The maximum atomic E-state index is 12.8. The summed E-state index contributed by atoms with van der Waals surface area (Å²) in [6.45, 7) is 5.62. The lowest BCUT2D eigenvalue weighted by molar-refractivity contribution is 0.0612. The van der Waals surface area contributed by atoms with Gasteiger partial charge in [-0.3, -0.25) is 4.79 Å². The molecule has 1 aliphatic heterocycles. The number of carbonyl (C=O) groups excluding carboxylic acids is 1. The number of hydrogen-bond acceptors (Lipinski definition) is 4. The van der Waals surface area contributed by atoms with Gasteiger partial charge in [-0.15, -0.1) is 12.4 Å². The highest BCUT2D eigenvalue weighted by molar-refractivity contribution is 5.98. The summed E-state index contributed by atoms with van der Waals surface area (Å²) in [6.07, 6.45) is 0. The number of halogens is 1.